The van der Waals surface area contributed by atoms with Crippen molar-refractivity contribution in [1.82, 2.24) is 0 Å². The Morgan fingerprint density at radius 2 is 1.72 bits per heavy atom. The molecule has 3 aromatic carbocycles. The van der Waals surface area contributed by atoms with Gasteiger partial charge in [0.15, 0.2) is 11.5 Å². The highest BCUT2D eigenvalue weighted by Crippen LogP contribution is 2.33. The first-order valence-corrected chi connectivity index (χ1v) is 9.58. The topological polar surface area (TPSA) is 64.6 Å². The first kappa shape index (κ1) is 19.0. The third kappa shape index (κ3) is 4.41. The zero-order chi connectivity index (χ0) is 20.2. The van der Waals surface area contributed by atoms with Crippen LogP contribution in [-0.2, 0) is 9.53 Å². The maximum Gasteiger partial charge on any atom is 0.328 e. The number of carbonyl (C=O) groups is 2. The van der Waals surface area contributed by atoms with Gasteiger partial charge in [-0.15, -0.1) is 0 Å². The van der Waals surface area contributed by atoms with E-state index < -0.39 is 6.04 Å². The van der Waals surface area contributed by atoms with E-state index in [0.29, 0.717) is 46.4 Å². The van der Waals surface area contributed by atoms with Gasteiger partial charge in [-0.2, -0.15) is 0 Å². The Kier molecular flexibility index (Phi) is 5.49. The van der Waals surface area contributed by atoms with Crippen molar-refractivity contribution in [2.45, 2.75) is 12.5 Å². The summed E-state index contributed by atoms with van der Waals surface area (Å²) in [6.45, 7) is 0.393. The van der Waals surface area contributed by atoms with E-state index in [4.69, 9.17) is 21.1 Å². The average molecular weight is 408 g/mol. The monoisotopic (exact) mass is 407 g/mol. The van der Waals surface area contributed by atoms with E-state index >= 15 is 0 Å². The van der Waals surface area contributed by atoms with Crippen LogP contribution in [0.3, 0.4) is 0 Å². The molecule has 1 aliphatic heterocycles. The molecule has 1 atom stereocenters. The van der Waals surface area contributed by atoms with Gasteiger partial charge in [0.2, 0.25) is 0 Å². The molecule has 1 aliphatic rings. The van der Waals surface area contributed by atoms with Crippen molar-refractivity contribution in [1.29, 1.82) is 0 Å². The molecule has 146 valence electrons. The van der Waals surface area contributed by atoms with Crippen molar-refractivity contribution >= 4 is 29.0 Å². The molecular weight excluding hydrogens is 390 g/mol. The molecule has 5 nitrogen and oxygen atoms in total. The van der Waals surface area contributed by atoms with Crippen molar-refractivity contribution < 1.29 is 19.1 Å². The van der Waals surface area contributed by atoms with E-state index in [1.54, 1.807) is 54.6 Å². The summed E-state index contributed by atoms with van der Waals surface area (Å²) >= 11 is 6.11. The largest absolute Gasteiger partial charge is 0.464 e. The Labute approximate surface area is 173 Å². The van der Waals surface area contributed by atoms with E-state index in [1.165, 1.54) is 0 Å². The van der Waals surface area contributed by atoms with E-state index in [-0.39, 0.29) is 11.8 Å². The number of benzene rings is 3. The van der Waals surface area contributed by atoms with Gasteiger partial charge in [0.1, 0.15) is 11.8 Å². The van der Waals surface area contributed by atoms with E-state index in [1.807, 2.05) is 18.2 Å². The summed E-state index contributed by atoms with van der Waals surface area (Å²) in [5.41, 5.74) is 1.81. The molecule has 1 heterocycles. The molecule has 0 amide bonds. The zero-order valence-electron chi connectivity index (χ0n) is 15.4. The number of hydrogen-bond acceptors (Lipinski definition) is 5. The van der Waals surface area contributed by atoms with E-state index in [2.05, 4.69) is 5.32 Å². The second-order valence-electron chi connectivity index (χ2n) is 6.62. The molecule has 0 spiro atoms. The molecule has 1 N–H and O–H groups in total. The van der Waals surface area contributed by atoms with Crippen LogP contribution >= 0.6 is 11.6 Å². The third-order valence-electron chi connectivity index (χ3n) is 4.59. The summed E-state index contributed by atoms with van der Waals surface area (Å²) < 4.78 is 11.0. The Morgan fingerprint density at radius 1 is 1.00 bits per heavy atom. The number of halogens is 1. The molecule has 29 heavy (non-hydrogen) atoms. The molecule has 3 aromatic rings. The van der Waals surface area contributed by atoms with Crippen LogP contribution in [0.2, 0.25) is 5.02 Å². The molecule has 6 heteroatoms. The standard InChI is InChI=1S/C23H18ClNO4/c24-17-8-11-21(20(14-17)25-19-12-13-28-23(19)27)29-18-9-6-16(7-10-18)22(26)15-4-2-1-3-5-15/h1-11,14,19,25H,12-13H2/t19-/m1/s1. The SMILES string of the molecule is O=C(c1ccccc1)c1ccc(Oc2ccc(Cl)cc2N[C@@H]2CCOC2=O)cc1. The van der Waals surface area contributed by atoms with E-state index in [9.17, 15) is 9.59 Å². The van der Waals surface area contributed by atoms with Crippen LogP contribution in [0, 0.1) is 0 Å². The highest BCUT2D eigenvalue weighted by Gasteiger charge is 2.27. The molecule has 0 unspecified atom stereocenters. The lowest BCUT2D eigenvalue weighted by molar-refractivity contribution is -0.138. The summed E-state index contributed by atoms with van der Waals surface area (Å²) in [6.07, 6.45) is 0.584. The van der Waals surface area contributed by atoms with Crippen molar-refractivity contribution in [2.75, 3.05) is 11.9 Å². The molecule has 0 bridgehead atoms. The van der Waals surface area contributed by atoms with Crippen LogP contribution < -0.4 is 10.1 Å². The van der Waals surface area contributed by atoms with Crippen LogP contribution in [0.25, 0.3) is 0 Å². The molecule has 4 rings (SSSR count). The summed E-state index contributed by atoms with van der Waals surface area (Å²) in [4.78, 5) is 24.3. The first-order valence-electron chi connectivity index (χ1n) is 9.20. The number of carbonyl (C=O) groups excluding carboxylic acids is 2. The average Bonchev–Trinajstić information content (AvgIpc) is 3.15. The van der Waals surface area contributed by atoms with E-state index in [0.717, 1.165) is 0 Å². The molecule has 0 saturated carbocycles. The van der Waals surface area contributed by atoms with Crippen molar-refractivity contribution in [3.63, 3.8) is 0 Å². The molecule has 1 saturated heterocycles. The number of ketones is 1. The highest BCUT2D eigenvalue weighted by atomic mass is 35.5. The lowest BCUT2D eigenvalue weighted by atomic mass is 10.0. The Morgan fingerprint density at radius 3 is 2.41 bits per heavy atom. The lowest BCUT2D eigenvalue weighted by Gasteiger charge is -2.16. The van der Waals surface area contributed by atoms with Gasteiger partial charge in [-0.05, 0) is 42.5 Å². The number of esters is 1. The number of hydrogen-bond donors (Lipinski definition) is 1. The van der Waals surface area contributed by atoms with Crippen molar-refractivity contribution in [3.05, 3.63) is 88.9 Å². The molecule has 1 fully saturated rings. The van der Waals surface area contributed by atoms with Gasteiger partial charge in [-0.1, -0.05) is 41.9 Å². The maximum atomic E-state index is 12.5. The van der Waals surface area contributed by atoms with Crippen molar-refractivity contribution in [3.8, 4) is 11.5 Å². The first-order chi connectivity index (χ1) is 14.1. The zero-order valence-corrected chi connectivity index (χ0v) is 16.2. The second kappa shape index (κ2) is 8.37. The predicted molar refractivity (Wildman–Crippen MR) is 111 cm³/mol. The Hall–Kier alpha value is -3.31. The van der Waals surface area contributed by atoms with Gasteiger partial charge in [0.05, 0.1) is 12.3 Å². The molecular formula is C23H18ClNO4. The summed E-state index contributed by atoms with van der Waals surface area (Å²) in [5, 5.41) is 3.66. The summed E-state index contributed by atoms with van der Waals surface area (Å²) in [5.74, 6) is 0.746. The number of cyclic esters (lactones) is 1. The lowest BCUT2D eigenvalue weighted by Crippen LogP contribution is -2.24. The number of nitrogens with one attached hydrogen (secondary N) is 1. The maximum absolute atomic E-state index is 12.5. The summed E-state index contributed by atoms with van der Waals surface area (Å²) in [6, 6.07) is 20.7. The fraction of sp³-hybridized carbons (Fsp3) is 0.130. The van der Waals surface area contributed by atoms with Crippen molar-refractivity contribution in [2.24, 2.45) is 0 Å². The van der Waals surface area contributed by atoms with Gasteiger partial charge < -0.3 is 14.8 Å². The predicted octanol–water partition coefficient (Wildman–Crippen LogP) is 5.09. The van der Waals surface area contributed by atoms with Gasteiger partial charge in [0.25, 0.3) is 0 Å². The number of ether oxygens (including phenoxy) is 2. The number of anilines is 1. The number of rotatable bonds is 6. The van der Waals surface area contributed by atoms with Gasteiger partial charge in [-0.25, -0.2) is 4.79 Å². The van der Waals surface area contributed by atoms with Gasteiger partial charge in [0, 0.05) is 22.6 Å². The van der Waals surface area contributed by atoms with Crippen LogP contribution in [-0.4, -0.2) is 24.4 Å². The highest BCUT2D eigenvalue weighted by molar-refractivity contribution is 6.31. The normalized spacial score (nSPS) is 15.6. The Bertz CT molecular complexity index is 1030. The fourth-order valence-electron chi connectivity index (χ4n) is 3.08. The van der Waals surface area contributed by atoms with Gasteiger partial charge in [-0.3, -0.25) is 4.79 Å². The van der Waals surface area contributed by atoms with Crippen LogP contribution in [0.1, 0.15) is 22.3 Å². The second-order valence-corrected chi connectivity index (χ2v) is 7.05. The smallest absolute Gasteiger partial charge is 0.328 e. The van der Waals surface area contributed by atoms with Gasteiger partial charge >= 0.3 is 5.97 Å². The Balaban J connectivity index is 1.52. The molecule has 0 aromatic heterocycles. The summed E-state index contributed by atoms with van der Waals surface area (Å²) in [7, 11) is 0. The van der Waals surface area contributed by atoms with Crippen LogP contribution in [0.15, 0.2) is 72.8 Å². The van der Waals surface area contributed by atoms with Crippen LogP contribution in [0.5, 0.6) is 11.5 Å². The molecule has 0 radical (unpaired) electrons. The fourth-order valence-corrected chi connectivity index (χ4v) is 3.25. The quantitative estimate of drug-likeness (QED) is 0.455. The van der Waals surface area contributed by atoms with Crippen LogP contribution in [0.4, 0.5) is 5.69 Å². The minimum atomic E-state index is -0.429. The molecule has 0 aliphatic carbocycles. The minimum absolute atomic E-state index is 0.0502. The minimum Gasteiger partial charge on any atom is -0.464 e. The third-order valence-corrected chi connectivity index (χ3v) is 4.82.